The fourth-order valence-electron chi connectivity index (χ4n) is 3.43. The summed E-state index contributed by atoms with van der Waals surface area (Å²) in [4.78, 5) is 23.0. The van der Waals surface area contributed by atoms with E-state index in [9.17, 15) is 9.59 Å². The van der Waals surface area contributed by atoms with E-state index >= 15 is 0 Å². The lowest BCUT2D eigenvalue weighted by Crippen LogP contribution is -2.46. The van der Waals surface area contributed by atoms with Crippen LogP contribution in [0.4, 0.5) is 0 Å². The van der Waals surface area contributed by atoms with Gasteiger partial charge < -0.3 is 24.4 Å². The van der Waals surface area contributed by atoms with Gasteiger partial charge in [-0.05, 0) is 36.1 Å². The van der Waals surface area contributed by atoms with Crippen molar-refractivity contribution >= 4 is 33.6 Å². The van der Waals surface area contributed by atoms with Crippen LogP contribution in [0.25, 0.3) is 21.5 Å². The molecular formula is C26H24N2O6S. The Labute approximate surface area is 205 Å². The van der Waals surface area contributed by atoms with Gasteiger partial charge in [0.2, 0.25) is 0 Å². The summed E-state index contributed by atoms with van der Waals surface area (Å²) in [5.41, 5.74) is 2.31. The minimum atomic E-state index is -1.23. The number of esters is 1. The molecule has 0 radical (unpaired) electrons. The maximum Gasteiger partial charge on any atom is 0.331 e. The van der Waals surface area contributed by atoms with E-state index in [1.54, 1.807) is 24.3 Å². The summed E-state index contributed by atoms with van der Waals surface area (Å²) < 4.78 is 17.9. The number of nitrogens with one attached hydrogen (secondary N) is 1. The Morgan fingerprint density at radius 2 is 1.97 bits per heavy atom. The number of hydrogen-bond acceptors (Lipinski definition) is 8. The van der Waals surface area contributed by atoms with Crippen molar-refractivity contribution in [3.8, 4) is 17.0 Å². The zero-order chi connectivity index (χ0) is 24.7. The molecule has 9 heteroatoms. The van der Waals surface area contributed by atoms with Gasteiger partial charge in [-0.2, -0.15) is 0 Å². The molecule has 0 aliphatic heterocycles. The summed E-state index contributed by atoms with van der Waals surface area (Å²) in [5, 5.41) is 18.2. The van der Waals surface area contributed by atoms with E-state index in [0.29, 0.717) is 12.3 Å². The molecule has 2 aromatic carbocycles. The van der Waals surface area contributed by atoms with Gasteiger partial charge in [0.15, 0.2) is 11.2 Å². The first-order valence-corrected chi connectivity index (χ1v) is 11.7. The first-order valence-electron chi connectivity index (χ1n) is 10.9. The van der Waals surface area contributed by atoms with Crippen LogP contribution in [0.5, 0.6) is 5.75 Å². The Bertz CT molecular complexity index is 1330. The number of benzene rings is 2. The van der Waals surface area contributed by atoms with Gasteiger partial charge in [-0.15, -0.1) is 11.3 Å². The Kier molecular flexibility index (Phi) is 7.59. The van der Waals surface area contributed by atoms with Crippen LogP contribution in [-0.2, 0) is 20.9 Å². The van der Waals surface area contributed by atoms with Crippen LogP contribution in [0, 0.1) is 0 Å². The Morgan fingerprint density at radius 3 is 2.77 bits per heavy atom. The molecule has 0 unspecified atom stereocenters. The average molecular weight is 493 g/mol. The third-order valence-corrected chi connectivity index (χ3v) is 6.01. The molecule has 0 aliphatic rings. The predicted octanol–water partition coefficient (Wildman–Crippen LogP) is 4.67. The second kappa shape index (κ2) is 11.0. The SMILES string of the molecule is C[C@@](CNCc1ccccc1)(COc1cccc(-c2noc3ccsc23)c1)OC(=O)C=CC(=O)O. The number of carbonyl (C=O) groups excluding carboxylic acids is 1. The summed E-state index contributed by atoms with van der Waals surface area (Å²) in [6.45, 7) is 2.62. The topological polar surface area (TPSA) is 111 Å². The van der Waals surface area contributed by atoms with Crippen molar-refractivity contribution in [3.63, 3.8) is 0 Å². The maximum atomic E-state index is 12.2. The maximum absolute atomic E-state index is 12.2. The molecule has 35 heavy (non-hydrogen) atoms. The highest BCUT2D eigenvalue weighted by Crippen LogP contribution is 2.33. The highest BCUT2D eigenvalue weighted by atomic mass is 32.1. The number of thiophene rings is 1. The number of aromatic nitrogens is 1. The van der Waals surface area contributed by atoms with Gasteiger partial charge in [0.25, 0.3) is 0 Å². The third-order valence-electron chi connectivity index (χ3n) is 5.11. The first-order chi connectivity index (χ1) is 16.9. The Morgan fingerprint density at radius 1 is 1.14 bits per heavy atom. The van der Waals surface area contributed by atoms with Gasteiger partial charge in [0, 0.05) is 30.8 Å². The van der Waals surface area contributed by atoms with E-state index < -0.39 is 17.5 Å². The van der Waals surface area contributed by atoms with Crippen LogP contribution < -0.4 is 10.1 Å². The van der Waals surface area contributed by atoms with Crippen molar-refractivity contribution in [1.82, 2.24) is 10.5 Å². The second-order valence-electron chi connectivity index (χ2n) is 8.09. The number of rotatable bonds is 11. The molecule has 8 nitrogen and oxygen atoms in total. The molecule has 2 aromatic heterocycles. The first kappa shape index (κ1) is 24.2. The van der Waals surface area contributed by atoms with E-state index in [-0.39, 0.29) is 13.2 Å². The van der Waals surface area contributed by atoms with Gasteiger partial charge in [-0.25, -0.2) is 9.59 Å². The van der Waals surface area contributed by atoms with Crippen molar-refractivity contribution in [2.75, 3.05) is 13.2 Å². The number of fused-ring (bicyclic) bond motifs is 1. The average Bonchev–Trinajstić information content (AvgIpc) is 3.47. The fourth-order valence-corrected chi connectivity index (χ4v) is 4.25. The summed E-state index contributed by atoms with van der Waals surface area (Å²) >= 11 is 1.55. The van der Waals surface area contributed by atoms with Crippen LogP contribution in [0.3, 0.4) is 0 Å². The molecule has 0 spiro atoms. The van der Waals surface area contributed by atoms with Crippen LogP contribution in [0.15, 0.2) is 82.7 Å². The lowest BCUT2D eigenvalue weighted by molar-refractivity contribution is -0.154. The molecule has 0 fully saturated rings. The molecular weight excluding hydrogens is 468 g/mol. The molecule has 180 valence electrons. The normalized spacial score (nSPS) is 13.1. The summed E-state index contributed by atoms with van der Waals surface area (Å²) in [6, 6.07) is 19.1. The zero-order valence-electron chi connectivity index (χ0n) is 19.0. The Hall–Kier alpha value is -3.95. The fraction of sp³-hybridized carbons (Fsp3) is 0.192. The third kappa shape index (κ3) is 6.56. The minimum Gasteiger partial charge on any atom is -0.489 e. The lowest BCUT2D eigenvalue weighted by Gasteiger charge is -2.29. The smallest absolute Gasteiger partial charge is 0.331 e. The predicted molar refractivity (Wildman–Crippen MR) is 132 cm³/mol. The number of carboxylic acids is 1. The number of aliphatic carboxylic acids is 1. The number of nitrogens with zero attached hydrogens (tertiary/aromatic N) is 1. The molecule has 4 rings (SSSR count). The van der Waals surface area contributed by atoms with Gasteiger partial charge in [-0.3, -0.25) is 0 Å². The second-order valence-corrected chi connectivity index (χ2v) is 9.01. The minimum absolute atomic E-state index is 0.0398. The van der Waals surface area contributed by atoms with E-state index in [1.807, 2.05) is 60.0 Å². The number of ether oxygens (including phenoxy) is 2. The molecule has 0 aliphatic carbocycles. The molecule has 0 bridgehead atoms. The summed E-state index contributed by atoms with van der Waals surface area (Å²) in [7, 11) is 0. The molecule has 0 amide bonds. The largest absolute Gasteiger partial charge is 0.489 e. The number of carbonyl (C=O) groups is 2. The van der Waals surface area contributed by atoms with Crippen LogP contribution >= 0.6 is 11.3 Å². The van der Waals surface area contributed by atoms with E-state index in [0.717, 1.165) is 39.3 Å². The van der Waals surface area contributed by atoms with E-state index in [1.165, 1.54) is 0 Å². The zero-order valence-corrected chi connectivity index (χ0v) is 19.8. The molecule has 1 atom stereocenters. The Balaban J connectivity index is 1.46. The van der Waals surface area contributed by atoms with Crippen molar-refractivity contribution in [1.29, 1.82) is 0 Å². The number of carboxylic acid groups (broad SMARTS) is 1. The molecule has 0 saturated carbocycles. The molecule has 4 aromatic rings. The van der Waals surface area contributed by atoms with Gasteiger partial charge in [0.05, 0.1) is 0 Å². The monoisotopic (exact) mass is 492 g/mol. The van der Waals surface area contributed by atoms with Crippen molar-refractivity contribution < 1.29 is 28.7 Å². The van der Waals surface area contributed by atoms with Crippen LogP contribution in [0.1, 0.15) is 12.5 Å². The highest BCUT2D eigenvalue weighted by molar-refractivity contribution is 7.17. The quantitative estimate of drug-likeness (QED) is 0.230. The standard InChI is InChI=1S/C26H24N2O6S/c1-26(33-23(31)11-10-22(29)30,16-27-15-18-6-3-2-4-7-18)17-32-20-9-5-8-19(14-20)24-25-21(34-28-24)12-13-35-25/h2-14,27H,15-17H2,1H3,(H,29,30)/t26-/m1/s1. The van der Waals surface area contributed by atoms with Gasteiger partial charge in [-0.1, -0.05) is 47.6 Å². The highest BCUT2D eigenvalue weighted by Gasteiger charge is 2.29. The van der Waals surface area contributed by atoms with Crippen molar-refractivity contribution in [2.45, 2.75) is 19.1 Å². The van der Waals surface area contributed by atoms with Crippen LogP contribution in [0.2, 0.25) is 0 Å². The summed E-state index contributed by atoms with van der Waals surface area (Å²) in [5.74, 6) is -1.43. The molecule has 0 saturated heterocycles. The molecule has 2 heterocycles. The van der Waals surface area contributed by atoms with Gasteiger partial charge >= 0.3 is 11.9 Å². The molecule has 2 N–H and O–H groups in total. The van der Waals surface area contributed by atoms with E-state index in [2.05, 4.69) is 10.5 Å². The summed E-state index contributed by atoms with van der Waals surface area (Å²) in [6.07, 6.45) is 1.63. The number of hydrogen-bond donors (Lipinski definition) is 2. The van der Waals surface area contributed by atoms with Crippen molar-refractivity contribution in [3.05, 3.63) is 83.8 Å². The lowest BCUT2D eigenvalue weighted by atomic mass is 10.1. The van der Waals surface area contributed by atoms with E-state index in [4.69, 9.17) is 19.1 Å². The van der Waals surface area contributed by atoms with Crippen molar-refractivity contribution in [2.24, 2.45) is 0 Å². The van der Waals surface area contributed by atoms with Crippen LogP contribution in [-0.4, -0.2) is 41.0 Å². The van der Waals surface area contributed by atoms with Gasteiger partial charge in [0.1, 0.15) is 22.8 Å².